The molecular formula is C26H24FN5O4S2. The van der Waals surface area contributed by atoms with E-state index in [0.29, 0.717) is 43.3 Å². The monoisotopic (exact) mass is 553 g/mol. The van der Waals surface area contributed by atoms with Crippen molar-refractivity contribution in [1.29, 1.82) is 0 Å². The lowest BCUT2D eigenvalue weighted by atomic mass is 10.2. The topological polar surface area (TPSA) is 98.5 Å². The fourth-order valence-electron chi connectivity index (χ4n) is 4.51. The van der Waals surface area contributed by atoms with Crippen molar-refractivity contribution in [1.82, 2.24) is 14.3 Å². The van der Waals surface area contributed by atoms with Gasteiger partial charge in [-0.1, -0.05) is 42.2 Å². The summed E-state index contributed by atoms with van der Waals surface area (Å²) < 4.78 is 16.0. The normalized spacial score (nSPS) is 17.2. The van der Waals surface area contributed by atoms with Crippen LogP contribution in [0.15, 0.2) is 52.3 Å². The zero-order valence-corrected chi connectivity index (χ0v) is 22.1. The number of aliphatic carboxylic acids is 1. The molecule has 1 N–H and O–H groups in total. The molecule has 2 aliphatic heterocycles. The molecule has 1 aromatic carbocycles. The van der Waals surface area contributed by atoms with E-state index in [4.69, 9.17) is 22.3 Å². The number of nitrogens with zero attached hydrogens (tertiary/aromatic N) is 5. The zero-order valence-electron chi connectivity index (χ0n) is 20.5. The third-order valence-corrected chi connectivity index (χ3v) is 7.83. The van der Waals surface area contributed by atoms with Gasteiger partial charge in [0.2, 0.25) is 0 Å². The molecule has 0 spiro atoms. The average Bonchev–Trinajstić information content (AvgIpc) is 3.16. The zero-order chi connectivity index (χ0) is 27.0. The van der Waals surface area contributed by atoms with Gasteiger partial charge in [0.15, 0.2) is 0 Å². The maximum Gasteiger partial charge on any atom is 0.305 e. The number of fused-ring (bicyclic) bond motifs is 1. The molecular weight excluding hydrogens is 529 g/mol. The van der Waals surface area contributed by atoms with Crippen LogP contribution < -0.4 is 15.4 Å². The molecule has 1 amide bonds. The second-order valence-corrected chi connectivity index (χ2v) is 10.7. The molecule has 0 atom stereocenters. The highest BCUT2D eigenvalue weighted by Crippen LogP contribution is 2.34. The molecule has 5 rings (SSSR count). The number of benzene rings is 1. The summed E-state index contributed by atoms with van der Waals surface area (Å²) >= 11 is 6.34. The minimum Gasteiger partial charge on any atom is -0.481 e. The maximum atomic E-state index is 14.3. The lowest BCUT2D eigenvalue weighted by Gasteiger charge is -2.37. The molecule has 4 heterocycles. The number of carboxylic acid groups (broad SMARTS) is 1. The van der Waals surface area contributed by atoms with E-state index in [1.54, 1.807) is 30.5 Å². The standard InChI is InChI=1S/C26H24FN5O4S2/c1-16-6-7-21-28-23(30-12-10-29(11-13-30)19-5-3-2-4-18(19)27)17(24(35)32(21)15-16)14-20-25(36)31(26(37)38-20)9-8-22(33)34/h2-7,14-15H,8-13H2,1H3,(H,33,34)/b20-14-. The molecule has 0 bridgehead atoms. The van der Waals surface area contributed by atoms with E-state index in [1.165, 1.54) is 21.4 Å². The number of hydrogen-bond acceptors (Lipinski definition) is 8. The first kappa shape index (κ1) is 25.9. The van der Waals surface area contributed by atoms with Gasteiger partial charge in [-0.05, 0) is 36.8 Å². The first-order valence-corrected chi connectivity index (χ1v) is 13.2. The van der Waals surface area contributed by atoms with E-state index in [2.05, 4.69) is 0 Å². The molecule has 38 heavy (non-hydrogen) atoms. The molecule has 12 heteroatoms. The lowest BCUT2D eigenvalue weighted by molar-refractivity contribution is -0.137. The number of carbonyl (C=O) groups is 2. The number of hydrogen-bond donors (Lipinski definition) is 1. The number of aromatic nitrogens is 2. The van der Waals surface area contributed by atoms with Crippen LogP contribution in [0.1, 0.15) is 17.5 Å². The van der Waals surface area contributed by atoms with Crippen LogP contribution in [0.5, 0.6) is 0 Å². The number of aryl methyl sites for hydroxylation is 1. The molecule has 196 valence electrons. The molecule has 0 radical (unpaired) electrons. The molecule has 0 aliphatic carbocycles. The summed E-state index contributed by atoms with van der Waals surface area (Å²) in [6.07, 6.45) is 2.96. The summed E-state index contributed by atoms with van der Waals surface area (Å²) in [5, 5.41) is 9.01. The van der Waals surface area contributed by atoms with Crippen molar-refractivity contribution in [2.45, 2.75) is 13.3 Å². The number of thioether (sulfide) groups is 1. The van der Waals surface area contributed by atoms with E-state index in [-0.39, 0.29) is 39.1 Å². The van der Waals surface area contributed by atoms with Gasteiger partial charge in [0.1, 0.15) is 21.6 Å². The van der Waals surface area contributed by atoms with Crippen LogP contribution in [0, 0.1) is 12.7 Å². The summed E-state index contributed by atoms with van der Waals surface area (Å²) in [4.78, 5) is 47.9. The van der Waals surface area contributed by atoms with E-state index < -0.39 is 11.9 Å². The minimum absolute atomic E-state index is 0.0453. The Hall–Kier alpha value is -3.77. The van der Waals surface area contributed by atoms with Gasteiger partial charge in [-0.2, -0.15) is 0 Å². The van der Waals surface area contributed by atoms with Gasteiger partial charge in [-0.15, -0.1) is 0 Å². The maximum absolute atomic E-state index is 14.3. The second kappa shape index (κ2) is 10.5. The van der Waals surface area contributed by atoms with Gasteiger partial charge in [-0.3, -0.25) is 23.7 Å². The molecule has 2 aromatic heterocycles. The van der Waals surface area contributed by atoms with E-state index in [0.717, 1.165) is 17.3 Å². The van der Waals surface area contributed by atoms with Gasteiger partial charge < -0.3 is 14.9 Å². The van der Waals surface area contributed by atoms with Gasteiger partial charge in [-0.25, -0.2) is 9.37 Å². The molecule has 2 saturated heterocycles. The summed E-state index contributed by atoms with van der Waals surface area (Å²) in [7, 11) is 0. The predicted molar refractivity (Wildman–Crippen MR) is 149 cm³/mol. The summed E-state index contributed by atoms with van der Waals surface area (Å²) in [5.74, 6) is -1.33. The Morgan fingerprint density at radius 2 is 1.84 bits per heavy atom. The first-order valence-electron chi connectivity index (χ1n) is 12.0. The number of carbonyl (C=O) groups excluding carboxylic acids is 1. The number of anilines is 2. The van der Waals surface area contributed by atoms with Gasteiger partial charge in [0.05, 0.1) is 22.6 Å². The number of halogens is 1. The molecule has 3 aromatic rings. The summed E-state index contributed by atoms with van der Waals surface area (Å²) in [6.45, 7) is 3.84. The Morgan fingerprint density at radius 1 is 1.13 bits per heavy atom. The molecule has 2 aliphatic rings. The largest absolute Gasteiger partial charge is 0.481 e. The van der Waals surface area contributed by atoms with E-state index in [9.17, 15) is 18.8 Å². The van der Waals surface area contributed by atoms with Gasteiger partial charge >= 0.3 is 5.97 Å². The van der Waals surface area contributed by atoms with Crippen molar-refractivity contribution in [2.75, 3.05) is 42.5 Å². The van der Waals surface area contributed by atoms with Crippen molar-refractivity contribution >= 4 is 63.4 Å². The summed E-state index contributed by atoms with van der Waals surface area (Å²) in [6, 6.07) is 10.3. The SMILES string of the molecule is Cc1ccc2nc(N3CCN(c4ccccc4F)CC3)c(/C=C3\SC(=S)N(CCC(=O)O)C3=O)c(=O)n2c1. The van der Waals surface area contributed by atoms with Crippen LogP contribution in [-0.2, 0) is 9.59 Å². The number of rotatable bonds is 6. The quantitative estimate of drug-likeness (QED) is 0.365. The Balaban J connectivity index is 1.51. The predicted octanol–water partition coefficient (Wildman–Crippen LogP) is 3.14. The third-order valence-electron chi connectivity index (χ3n) is 6.46. The van der Waals surface area contributed by atoms with E-state index >= 15 is 0 Å². The molecule has 9 nitrogen and oxygen atoms in total. The second-order valence-electron chi connectivity index (χ2n) is 8.99. The number of piperazine rings is 1. The van der Waals surface area contributed by atoms with E-state index in [1.807, 2.05) is 22.8 Å². The van der Waals surface area contributed by atoms with Crippen LogP contribution in [0.4, 0.5) is 15.9 Å². The van der Waals surface area contributed by atoms with Crippen LogP contribution in [-0.4, -0.2) is 68.3 Å². The number of para-hydroxylation sites is 1. The fraction of sp³-hybridized carbons (Fsp3) is 0.269. The Labute approximate surface area is 227 Å². The van der Waals surface area contributed by atoms with Crippen LogP contribution in [0.2, 0.25) is 0 Å². The van der Waals surface area contributed by atoms with Crippen molar-refractivity contribution in [3.63, 3.8) is 0 Å². The number of thiocarbonyl (C=S) groups is 1. The highest BCUT2D eigenvalue weighted by Gasteiger charge is 2.33. The minimum atomic E-state index is -1.04. The van der Waals surface area contributed by atoms with Gasteiger partial charge in [0, 0.05) is 38.9 Å². The van der Waals surface area contributed by atoms with Gasteiger partial charge in [0.25, 0.3) is 11.5 Å². The average molecular weight is 554 g/mol. The fourth-order valence-corrected chi connectivity index (χ4v) is 5.80. The lowest BCUT2D eigenvalue weighted by Crippen LogP contribution is -2.47. The van der Waals surface area contributed by atoms with Crippen LogP contribution >= 0.6 is 24.0 Å². The van der Waals surface area contributed by atoms with Crippen LogP contribution in [0.25, 0.3) is 11.7 Å². The van der Waals surface area contributed by atoms with Crippen molar-refractivity contribution in [3.8, 4) is 0 Å². The number of pyridine rings is 1. The summed E-state index contributed by atoms with van der Waals surface area (Å²) in [5.41, 5.74) is 1.78. The van der Waals surface area contributed by atoms with Crippen molar-refractivity contribution < 1.29 is 19.1 Å². The Morgan fingerprint density at radius 3 is 2.55 bits per heavy atom. The highest BCUT2D eigenvalue weighted by atomic mass is 32.2. The van der Waals surface area contributed by atoms with Crippen molar-refractivity contribution in [3.05, 3.63) is 74.8 Å². The number of carboxylic acids is 1. The Kier molecular flexibility index (Phi) is 7.17. The Bertz CT molecular complexity index is 1550. The molecule has 0 saturated carbocycles. The highest BCUT2D eigenvalue weighted by molar-refractivity contribution is 8.26. The molecule has 2 fully saturated rings. The molecule has 0 unspecified atom stereocenters. The van der Waals surface area contributed by atoms with Crippen molar-refractivity contribution in [2.24, 2.45) is 0 Å². The third kappa shape index (κ3) is 5.01. The smallest absolute Gasteiger partial charge is 0.305 e. The number of amides is 1. The van der Waals surface area contributed by atoms with Crippen LogP contribution in [0.3, 0.4) is 0 Å². The first-order chi connectivity index (χ1) is 18.2.